The molecule has 2 rings (SSSR count). The van der Waals surface area contributed by atoms with Gasteiger partial charge in [0.05, 0.1) is 12.8 Å². The maximum atomic E-state index is 13.4. The van der Waals surface area contributed by atoms with Gasteiger partial charge in [-0.05, 0) is 25.2 Å². The number of carbonyl (C=O) groups excluding carboxylic acids is 1. The van der Waals surface area contributed by atoms with Crippen LogP contribution in [-0.2, 0) is 4.79 Å². The summed E-state index contributed by atoms with van der Waals surface area (Å²) in [5.74, 6) is 0.0598. The van der Waals surface area contributed by atoms with Crippen molar-refractivity contribution in [1.29, 1.82) is 0 Å². The summed E-state index contributed by atoms with van der Waals surface area (Å²) < 4.78 is 18.6. The predicted octanol–water partition coefficient (Wildman–Crippen LogP) is 2.51. The Morgan fingerprint density at radius 2 is 2.29 bits per heavy atom. The van der Waals surface area contributed by atoms with Gasteiger partial charge >= 0.3 is 0 Å². The second-order valence-corrected chi connectivity index (χ2v) is 5.14. The first-order chi connectivity index (χ1) is 10.1. The third-order valence-corrected chi connectivity index (χ3v) is 3.55. The maximum absolute atomic E-state index is 13.4. The first-order valence-corrected chi connectivity index (χ1v) is 7.26. The van der Waals surface area contributed by atoms with Crippen LogP contribution in [0.4, 0.5) is 9.52 Å². The smallest absolute Gasteiger partial charge is 0.227 e. The molecule has 2 aromatic rings. The van der Waals surface area contributed by atoms with Gasteiger partial charge in [0.2, 0.25) is 5.91 Å². The van der Waals surface area contributed by atoms with Gasteiger partial charge in [-0.2, -0.15) is 0 Å². The van der Waals surface area contributed by atoms with E-state index in [2.05, 4.69) is 15.6 Å². The fourth-order valence-corrected chi connectivity index (χ4v) is 2.48. The fraction of sp³-hybridized carbons (Fsp3) is 0.286. The van der Waals surface area contributed by atoms with Crippen molar-refractivity contribution in [2.75, 3.05) is 26.0 Å². The number of benzene rings is 1. The third kappa shape index (κ3) is 3.99. The molecule has 0 aliphatic heterocycles. The van der Waals surface area contributed by atoms with E-state index >= 15 is 0 Å². The molecule has 0 aliphatic carbocycles. The van der Waals surface area contributed by atoms with Gasteiger partial charge < -0.3 is 15.4 Å². The van der Waals surface area contributed by atoms with Crippen molar-refractivity contribution in [2.24, 2.45) is 0 Å². The molecular formula is C14H16FN3O2S. The van der Waals surface area contributed by atoms with E-state index in [9.17, 15) is 9.18 Å². The Hall–Kier alpha value is -1.99. The summed E-state index contributed by atoms with van der Waals surface area (Å²) in [5.41, 5.74) is 1.13. The van der Waals surface area contributed by atoms with Gasteiger partial charge in [-0.3, -0.25) is 4.79 Å². The Bertz CT molecular complexity index is 630. The number of anilines is 1. The molecule has 0 aliphatic rings. The molecule has 1 amide bonds. The zero-order valence-electron chi connectivity index (χ0n) is 11.8. The van der Waals surface area contributed by atoms with Crippen LogP contribution < -0.4 is 15.4 Å². The molecule has 1 aromatic heterocycles. The average molecular weight is 309 g/mol. The van der Waals surface area contributed by atoms with Crippen LogP contribution in [0.5, 0.6) is 5.75 Å². The molecule has 0 atom stereocenters. The Morgan fingerprint density at radius 1 is 1.48 bits per heavy atom. The van der Waals surface area contributed by atoms with E-state index in [4.69, 9.17) is 4.74 Å². The van der Waals surface area contributed by atoms with E-state index < -0.39 is 0 Å². The minimum absolute atomic E-state index is 0.114. The number of nitrogens with zero attached hydrogens (tertiary/aromatic N) is 1. The minimum atomic E-state index is -0.363. The highest BCUT2D eigenvalue weighted by atomic mass is 32.1. The Morgan fingerprint density at radius 3 is 3.00 bits per heavy atom. The van der Waals surface area contributed by atoms with Gasteiger partial charge in [-0.15, -0.1) is 11.3 Å². The zero-order chi connectivity index (χ0) is 15.2. The summed E-state index contributed by atoms with van der Waals surface area (Å²) in [6.45, 7) is 0.599. The summed E-state index contributed by atoms with van der Waals surface area (Å²) in [5, 5.41) is 7.85. The molecule has 2 N–H and O–H groups in total. The highest BCUT2D eigenvalue weighted by Gasteiger charge is 2.12. The van der Waals surface area contributed by atoms with Crippen molar-refractivity contribution in [3.05, 3.63) is 29.4 Å². The van der Waals surface area contributed by atoms with Gasteiger partial charge in [-0.25, -0.2) is 9.37 Å². The Balaban J connectivity index is 2.16. The van der Waals surface area contributed by atoms with Gasteiger partial charge in [0, 0.05) is 23.9 Å². The van der Waals surface area contributed by atoms with Crippen molar-refractivity contribution in [3.63, 3.8) is 0 Å². The number of hydrogen-bond donors (Lipinski definition) is 2. The molecule has 1 heterocycles. The van der Waals surface area contributed by atoms with Gasteiger partial charge in [0.15, 0.2) is 5.13 Å². The summed E-state index contributed by atoms with van der Waals surface area (Å²) in [4.78, 5) is 15.9. The van der Waals surface area contributed by atoms with Crippen LogP contribution in [0.1, 0.15) is 6.42 Å². The molecule has 21 heavy (non-hydrogen) atoms. The van der Waals surface area contributed by atoms with Crippen LogP contribution >= 0.6 is 11.3 Å². The summed E-state index contributed by atoms with van der Waals surface area (Å²) >= 11 is 1.29. The molecule has 0 radical (unpaired) electrons. The second kappa shape index (κ2) is 7.14. The zero-order valence-corrected chi connectivity index (χ0v) is 12.6. The lowest BCUT2D eigenvalue weighted by atomic mass is 10.1. The highest BCUT2D eigenvalue weighted by molar-refractivity contribution is 7.14. The van der Waals surface area contributed by atoms with E-state index in [1.807, 2.05) is 0 Å². The summed E-state index contributed by atoms with van der Waals surface area (Å²) in [6.07, 6.45) is 0.370. The van der Waals surface area contributed by atoms with Gasteiger partial charge in [0.25, 0.3) is 0 Å². The first-order valence-electron chi connectivity index (χ1n) is 6.38. The number of carbonyl (C=O) groups is 1. The number of methoxy groups -OCH3 is 1. The van der Waals surface area contributed by atoms with Crippen LogP contribution in [0, 0.1) is 5.82 Å². The largest absolute Gasteiger partial charge is 0.496 e. The number of nitrogens with one attached hydrogen (secondary N) is 2. The van der Waals surface area contributed by atoms with E-state index in [-0.39, 0.29) is 11.7 Å². The molecular weight excluding hydrogens is 293 g/mol. The van der Waals surface area contributed by atoms with Crippen molar-refractivity contribution in [3.8, 4) is 17.0 Å². The lowest BCUT2D eigenvalue weighted by Gasteiger charge is -2.06. The highest BCUT2D eigenvalue weighted by Crippen LogP contribution is 2.32. The Labute approximate surface area is 126 Å². The number of ether oxygens (including phenoxy) is 1. The molecule has 0 saturated carbocycles. The van der Waals surface area contributed by atoms with E-state index in [0.717, 1.165) is 0 Å². The van der Waals surface area contributed by atoms with Crippen molar-refractivity contribution in [1.82, 2.24) is 10.3 Å². The van der Waals surface area contributed by atoms with Crippen LogP contribution in [0.25, 0.3) is 11.3 Å². The third-order valence-electron chi connectivity index (χ3n) is 2.79. The van der Waals surface area contributed by atoms with Crippen LogP contribution in [0.15, 0.2) is 23.6 Å². The lowest BCUT2D eigenvalue weighted by molar-refractivity contribution is -0.116. The standard InChI is InChI=1S/C14H16FN3O2S/c1-16-6-5-13(19)18-14-17-11(8-21-14)10-7-9(15)3-4-12(10)20-2/h3-4,7-8,16H,5-6H2,1-2H3,(H,17,18,19). The van der Waals surface area contributed by atoms with Crippen molar-refractivity contribution in [2.45, 2.75) is 6.42 Å². The molecule has 0 saturated heterocycles. The molecule has 0 spiro atoms. The molecule has 0 fully saturated rings. The predicted molar refractivity (Wildman–Crippen MR) is 81.2 cm³/mol. The van der Waals surface area contributed by atoms with Gasteiger partial charge in [-0.1, -0.05) is 0 Å². The van der Waals surface area contributed by atoms with E-state index in [0.29, 0.717) is 35.1 Å². The molecule has 7 heteroatoms. The first kappa shape index (κ1) is 15.4. The Kier molecular flexibility index (Phi) is 5.24. The minimum Gasteiger partial charge on any atom is -0.496 e. The van der Waals surface area contributed by atoms with Crippen LogP contribution in [0.3, 0.4) is 0 Å². The molecule has 112 valence electrons. The lowest BCUT2D eigenvalue weighted by Crippen LogP contribution is -2.18. The van der Waals surface area contributed by atoms with Crippen LogP contribution in [0.2, 0.25) is 0 Å². The number of hydrogen-bond acceptors (Lipinski definition) is 5. The number of rotatable bonds is 6. The van der Waals surface area contributed by atoms with E-state index in [1.165, 1.54) is 30.6 Å². The average Bonchev–Trinajstić information content (AvgIpc) is 2.93. The number of thiazole rings is 1. The molecule has 0 unspecified atom stereocenters. The normalized spacial score (nSPS) is 10.4. The number of aromatic nitrogens is 1. The monoisotopic (exact) mass is 309 g/mol. The van der Waals surface area contributed by atoms with Crippen molar-refractivity contribution < 1.29 is 13.9 Å². The quantitative estimate of drug-likeness (QED) is 0.860. The molecule has 1 aromatic carbocycles. The van der Waals surface area contributed by atoms with Gasteiger partial charge in [0.1, 0.15) is 11.6 Å². The fourth-order valence-electron chi connectivity index (χ4n) is 1.76. The summed E-state index contributed by atoms with van der Waals surface area (Å²) in [6, 6.07) is 4.24. The van der Waals surface area contributed by atoms with Crippen LogP contribution in [-0.4, -0.2) is 31.6 Å². The number of amides is 1. The van der Waals surface area contributed by atoms with Crippen molar-refractivity contribution >= 4 is 22.4 Å². The number of halogens is 1. The summed E-state index contributed by atoms with van der Waals surface area (Å²) in [7, 11) is 3.30. The molecule has 5 nitrogen and oxygen atoms in total. The maximum Gasteiger partial charge on any atom is 0.227 e. The van der Waals surface area contributed by atoms with E-state index in [1.54, 1.807) is 18.5 Å². The molecule has 0 bridgehead atoms. The topological polar surface area (TPSA) is 63.2 Å². The SMILES string of the molecule is CNCCC(=O)Nc1nc(-c2cc(F)ccc2OC)cs1. The second-order valence-electron chi connectivity index (χ2n) is 4.28.